The minimum Gasteiger partial charge on any atom is -0.454 e. The molecule has 0 unspecified atom stereocenters. The molecule has 0 amide bonds. The van der Waals surface area contributed by atoms with E-state index in [1.165, 1.54) is 6.07 Å². The summed E-state index contributed by atoms with van der Waals surface area (Å²) in [4.78, 5) is 6.72. The fourth-order valence-corrected chi connectivity index (χ4v) is 5.58. The Morgan fingerprint density at radius 2 is 1.78 bits per heavy atom. The summed E-state index contributed by atoms with van der Waals surface area (Å²) in [5.41, 5.74) is 6.55. The van der Waals surface area contributed by atoms with Crippen LogP contribution in [-0.2, 0) is 0 Å². The van der Waals surface area contributed by atoms with Crippen LogP contribution in [0.2, 0.25) is 0 Å². The molecule has 6 nitrogen and oxygen atoms in total. The third-order valence-electron chi connectivity index (χ3n) is 6.92. The van der Waals surface area contributed by atoms with E-state index in [-0.39, 0.29) is 24.7 Å². The fourth-order valence-electron chi connectivity index (χ4n) is 5.24. The minimum atomic E-state index is -0.240. The highest BCUT2D eigenvalue weighted by Crippen LogP contribution is 2.44. The maximum atomic E-state index is 14.1. The molecule has 0 radical (unpaired) electrons. The second-order valence-corrected chi connectivity index (χ2v) is 9.52. The van der Waals surface area contributed by atoms with Crippen molar-refractivity contribution in [3.63, 3.8) is 0 Å². The summed E-state index contributed by atoms with van der Waals surface area (Å²) in [7, 11) is 0. The van der Waals surface area contributed by atoms with Crippen molar-refractivity contribution in [1.29, 1.82) is 0 Å². The second kappa shape index (κ2) is 8.64. The number of aromatic nitrogens is 2. The lowest BCUT2D eigenvalue weighted by Gasteiger charge is -2.28. The minimum absolute atomic E-state index is 0.185. The van der Waals surface area contributed by atoms with Gasteiger partial charge in [0.15, 0.2) is 16.6 Å². The number of benzene rings is 2. The largest absolute Gasteiger partial charge is 0.454 e. The first-order valence-electron chi connectivity index (χ1n) is 11.8. The van der Waals surface area contributed by atoms with Crippen LogP contribution in [0, 0.1) is 26.6 Å². The average molecular weight is 501 g/mol. The van der Waals surface area contributed by atoms with Gasteiger partial charge >= 0.3 is 0 Å². The Hall–Kier alpha value is -3.91. The lowest BCUT2D eigenvalue weighted by atomic mass is 9.96. The molecule has 182 valence electrons. The van der Waals surface area contributed by atoms with Crippen molar-refractivity contribution in [3.8, 4) is 17.2 Å². The molecule has 0 aliphatic carbocycles. The van der Waals surface area contributed by atoms with Crippen molar-refractivity contribution < 1.29 is 13.9 Å². The fraction of sp³-hybridized carbons (Fsp3) is 0.214. The number of hydrogen-bond acceptors (Lipinski definition) is 4. The lowest BCUT2D eigenvalue weighted by molar-refractivity contribution is 0.174. The number of hydrogen-bond donors (Lipinski definition) is 1. The van der Waals surface area contributed by atoms with Crippen molar-refractivity contribution >= 4 is 23.0 Å². The Morgan fingerprint density at radius 1 is 0.972 bits per heavy atom. The molecular weight excluding hydrogens is 475 g/mol. The van der Waals surface area contributed by atoms with Gasteiger partial charge in [-0.05, 0) is 92.6 Å². The van der Waals surface area contributed by atoms with Gasteiger partial charge in [-0.15, -0.1) is 0 Å². The van der Waals surface area contributed by atoms with Gasteiger partial charge in [0.1, 0.15) is 5.82 Å². The van der Waals surface area contributed by atoms with Crippen molar-refractivity contribution in [2.75, 3.05) is 11.7 Å². The van der Waals surface area contributed by atoms with Gasteiger partial charge < -0.3 is 24.3 Å². The van der Waals surface area contributed by atoms with E-state index in [0.717, 1.165) is 45.5 Å². The van der Waals surface area contributed by atoms with Gasteiger partial charge in [0.2, 0.25) is 6.79 Å². The van der Waals surface area contributed by atoms with E-state index in [4.69, 9.17) is 21.7 Å². The SMILES string of the molecule is Cc1cc(N2C(=S)N[C@H](c3ccccn3)[C@@H]2c2cc(C)n(-c3ccc4c(c3)OCO4)c2C)ccc1F. The summed E-state index contributed by atoms with van der Waals surface area (Å²) in [6.45, 7) is 6.20. The Bertz CT molecular complexity index is 1490. The molecule has 1 saturated heterocycles. The summed E-state index contributed by atoms with van der Waals surface area (Å²) in [6, 6.07) is 18.8. The van der Waals surface area contributed by atoms with E-state index in [2.05, 4.69) is 39.7 Å². The van der Waals surface area contributed by atoms with Crippen LogP contribution in [-0.4, -0.2) is 21.5 Å². The summed E-state index contributed by atoms with van der Waals surface area (Å²) in [5, 5.41) is 4.06. The van der Waals surface area contributed by atoms with Crippen LogP contribution in [0.25, 0.3) is 5.69 Å². The molecule has 0 spiro atoms. The maximum absolute atomic E-state index is 14.1. The normalized spacial score (nSPS) is 18.6. The third kappa shape index (κ3) is 3.60. The molecule has 2 atom stereocenters. The number of nitrogens with one attached hydrogen (secondary N) is 1. The number of thiocarbonyl (C=S) groups is 1. The van der Waals surface area contributed by atoms with Gasteiger partial charge in [0.05, 0.1) is 17.8 Å². The van der Waals surface area contributed by atoms with Gasteiger partial charge in [0.25, 0.3) is 0 Å². The highest BCUT2D eigenvalue weighted by Gasteiger charge is 2.42. The molecule has 4 aromatic rings. The van der Waals surface area contributed by atoms with Crippen molar-refractivity contribution in [1.82, 2.24) is 14.9 Å². The Labute approximate surface area is 214 Å². The quantitative estimate of drug-likeness (QED) is 0.355. The molecule has 36 heavy (non-hydrogen) atoms. The van der Waals surface area contributed by atoms with Gasteiger partial charge in [-0.1, -0.05) is 6.07 Å². The number of ether oxygens (including phenoxy) is 2. The van der Waals surface area contributed by atoms with Crippen LogP contribution in [0.1, 0.15) is 40.3 Å². The summed E-state index contributed by atoms with van der Waals surface area (Å²) < 4.78 is 27.5. The van der Waals surface area contributed by atoms with Crippen LogP contribution in [0.5, 0.6) is 11.5 Å². The molecule has 4 heterocycles. The molecule has 2 aromatic heterocycles. The van der Waals surface area contributed by atoms with Crippen molar-refractivity contribution in [3.05, 3.63) is 101 Å². The molecule has 2 aliphatic rings. The topological polar surface area (TPSA) is 51.6 Å². The zero-order chi connectivity index (χ0) is 25.0. The lowest BCUT2D eigenvalue weighted by Crippen LogP contribution is -2.29. The Morgan fingerprint density at radius 3 is 2.56 bits per heavy atom. The Balaban J connectivity index is 1.50. The van der Waals surface area contributed by atoms with Gasteiger partial charge in [0, 0.05) is 35.0 Å². The highest BCUT2D eigenvalue weighted by atomic mass is 32.1. The zero-order valence-corrected chi connectivity index (χ0v) is 21.0. The van der Waals surface area contributed by atoms with E-state index in [1.807, 2.05) is 42.5 Å². The molecule has 2 aromatic carbocycles. The number of anilines is 1. The molecule has 0 saturated carbocycles. The molecule has 1 fully saturated rings. The second-order valence-electron chi connectivity index (χ2n) is 9.13. The van der Waals surface area contributed by atoms with Crippen molar-refractivity contribution in [2.24, 2.45) is 0 Å². The van der Waals surface area contributed by atoms with E-state index in [1.54, 1.807) is 19.2 Å². The van der Waals surface area contributed by atoms with E-state index >= 15 is 0 Å². The number of nitrogens with zero attached hydrogens (tertiary/aromatic N) is 3. The first-order chi connectivity index (χ1) is 17.4. The third-order valence-corrected chi connectivity index (χ3v) is 7.24. The van der Waals surface area contributed by atoms with E-state index in [9.17, 15) is 4.39 Å². The first kappa shape index (κ1) is 22.5. The van der Waals surface area contributed by atoms with E-state index < -0.39 is 0 Å². The molecule has 0 bridgehead atoms. The molecular formula is C28H25FN4O2S. The highest BCUT2D eigenvalue weighted by molar-refractivity contribution is 7.80. The zero-order valence-electron chi connectivity index (χ0n) is 20.2. The first-order valence-corrected chi connectivity index (χ1v) is 12.2. The summed E-state index contributed by atoms with van der Waals surface area (Å²) in [6.07, 6.45) is 1.79. The number of aryl methyl sites for hydroxylation is 2. The maximum Gasteiger partial charge on any atom is 0.231 e. The monoisotopic (exact) mass is 500 g/mol. The molecule has 6 rings (SSSR count). The number of pyridine rings is 1. The number of rotatable bonds is 4. The van der Waals surface area contributed by atoms with E-state index in [0.29, 0.717) is 10.7 Å². The van der Waals surface area contributed by atoms with Crippen molar-refractivity contribution in [2.45, 2.75) is 32.9 Å². The predicted octanol–water partition coefficient (Wildman–Crippen LogP) is 5.84. The van der Waals surface area contributed by atoms with Crippen LogP contribution >= 0.6 is 12.2 Å². The van der Waals surface area contributed by atoms with Gasteiger partial charge in [-0.25, -0.2) is 4.39 Å². The Kier molecular flexibility index (Phi) is 5.41. The summed E-state index contributed by atoms with van der Waals surface area (Å²) in [5.74, 6) is 1.25. The average Bonchev–Trinajstić information content (AvgIpc) is 3.56. The van der Waals surface area contributed by atoms with Crippen LogP contribution in [0.3, 0.4) is 0 Å². The molecule has 1 N–H and O–H groups in total. The molecule has 2 aliphatic heterocycles. The number of halogens is 1. The smallest absolute Gasteiger partial charge is 0.231 e. The standard InChI is InChI=1S/C28H25FN4O2S/c1-16-12-19(7-9-22(16)29)33-27(26(31-28(33)36)23-6-4-5-11-30-23)21-13-17(2)32(18(21)3)20-8-10-24-25(14-20)35-15-34-24/h4-14,26-27H,15H2,1-3H3,(H,31,36)/t26-,27+/m1/s1. The van der Waals surface area contributed by atoms with Crippen LogP contribution in [0.4, 0.5) is 10.1 Å². The summed E-state index contributed by atoms with van der Waals surface area (Å²) >= 11 is 5.84. The number of fused-ring (bicyclic) bond motifs is 1. The molecule has 8 heteroatoms. The van der Waals surface area contributed by atoms with Gasteiger partial charge in [-0.3, -0.25) is 4.98 Å². The predicted molar refractivity (Wildman–Crippen MR) is 140 cm³/mol. The van der Waals surface area contributed by atoms with Crippen LogP contribution in [0.15, 0.2) is 66.9 Å². The van der Waals surface area contributed by atoms with Gasteiger partial charge in [-0.2, -0.15) is 0 Å². The van der Waals surface area contributed by atoms with Crippen LogP contribution < -0.4 is 19.7 Å².